The molecule has 0 bridgehead atoms. The summed E-state index contributed by atoms with van der Waals surface area (Å²) in [6.45, 7) is 2.87. The SMILES string of the molecule is O=C1CCN(c2nccnc2OC2CN(c3ccc4ccccc4n3)C2)CC1. The van der Waals surface area contributed by atoms with Gasteiger partial charge in [-0.05, 0) is 18.2 Å². The third-order valence-corrected chi connectivity index (χ3v) is 5.30. The summed E-state index contributed by atoms with van der Waals surface area (Å²) < 4.78 is 6.13. The maximum atomic E-state index is 11.5. The molecular formula is C21H21N5O2. The molecular weight excluding hydrogens is 354 g/mol. The maximum absolute atomic E-state index is 11.5. The number of benzene rings is 1. The first-order valence-electron chi connectivity index (χ1n) is 9.61. The van der Waals surface area contributed by atoms with Crippen LogP contribution in [0.2, 0.25) is 0 Å². The lowest BCUT2D eigenvalue weighted by molar-refractivity contribution is -0.119. The fourth-order valence-electron chi connectivity index (χ4n) is 3.67. The van der Waals surface area contributed by atoms with Gasteiger partial charge in [-0.3, -0.25) is 4.79 Å². The van der Waals surface area contributed by atoms with Gasteiger partial charge in [-0.1, -0.05) is 18.2 Å². The van der Waals surface area contributed by atoms with E-state index in [-0.39, 0.29) is 6.10 Å². The third kappa shape index (κ3) is 3.24. The van der Waals surface area contributed by atoms with Gasteiger partial charge in [-0.25, -0.2) is 15.0 Å². The van der Waals surface area contributed by atoms with Crippen molar-refractivity contribution in [2.24, 2.45) is 0 Å². The number of ketones is 1. The van der Waals surface area contributed by atoms with Gasteiger partial charge < -0.3 is 14.5 Å². The summed E-state index contributed by atoms with van der Waals surface area (Å²) in [5.74, 6) is 2.55. The van der Waals surface area contributed by atoms with Crippen LogP contribution in [0.3, 0.4) is 0 Å². The van der Waals surface area contributed by atoms with Crippen LogP contribution in [0.25, 0.3) is 10.9 Å². The van der Waals surface area contributed by atoms with Crippen molar-refractivity contribution in [3.63, 3.8) is 0 Å². The molecule has 28 heavy (non-hydrogen) atoms. The Bertz CT molecular complexity index is 1010. The predicted molar refractivity (Wildman–Crippen MR) is 107 cm³/mol. The number of fused-ring (bicyclic) bond motifs is 1. The number of hydrogen-bond acceptors (Lipinski definition) is 7. The van der Waals surface area contributed by atoms with Crippen molar-refractivity contribution in [1.82, 2.24) is 15.0 Å². The molecule has 0 spiro atoms. The molecule has 0 atom stereocenters. The predicted octanol–water partition coefficient (Wildman–Crippen LogP) is 2.46. The van der Waals surface area contributed by atoms with E-state index in [0.29, 0.717) is 37.6 Å². The van der Waals surface area contributed by atoms with E-state index in [9.17, 15) is 4.79 Å². The van der Waals surface area contributed by atoms with E-state index in [1.807, 2.05) is 18.2 Å². The molecule has 1 aromatic carbocycles. The van der Waals surface area contributed by atoms with E-state index in [2.05, 4.69) is 38.0 Å². The molecule has 4 heterocycles. The van der Waals surface area contributed by atoms with Crippen LogP contribution in [-0.2, 0) is 4.79 Å². The zero-order chi connectivity index (χ0) is 18.9. The van der Waals surface area contributed by atoms with E-state index in [1.54, 1.807) is 12.4 Å². The molecule has 7 heteroatoms. The number of carbonyl (C=O) groups excluding carboxylic acids is 1. The second-order valence-electron chi connectivity index (χ2n) is 7.22. The van der Waals surface area contributed by atoms with Gasteiger partial charge in [0.15, 0.2) is 5.82 Å². The van der Waals surface area contributed by atoms with Crippen molar-refractivity contribution in [3.05, 3.63) is 48.8 Å². The van der Waals surface area contributed by atoms with Gasteiger partial charge in [0.25, 0.3) is 5.88 Å². The van der Waals surface area contributed by atoms with E-state index in [1.165, 1.54) is 0 Å². The molecule has 0 saturated carbocycles. The zero-order valence-corrected chi connectivity index (χ0v) is 15.5. The number of piperidine rings is 1. The quantitative estimate of drug-likeness (QED) is 0.694. The second kappa shape index (κ2) is 7.07. The molecule has 2 fully saturated rings. The number of rotatable bonds is 4. The summed E-state index contributed by atoms with van der Waals surface area (Å²) in [6, 6.07) is 12.3. The van der Waals surface area contributed by atoms with Gasteiger partial charge in [0, 0.05) is 43.7 Å². The van der Waals surface area contributed by atoms with Gasteiger partial charge in [0.1, 0.15) is 17.7 Å². The molecule has 0 radical (unpaired) electrons. The Labute approximate surface area is 163 Å². The Balaban J connectivity index is 1.25. The first kappa shape index (κ1) is 16.9. The lowest BCUT2D eigenvalue weighted by Crippen LogP contribution is -2.54. The number of anilines is 2. The molecule has 2 saturated heterocycles. The molecule has 0 aliphatic carbocycles. The van der Waals surface area contributed by atoms with E-state index < -0.39 is 0 Å². The van der Waals surface area contributed by atoms with Gasteiger partial charge in [0.2, 0.25) is 0 Å². The Hall–Kier alpha value is -3.22. The lowest BCUT2D eigenvalue weighted by Gasteiger charge is -2.40. The topological polar surface area (TPSA) is 71.5 Å². The van der Waals surface area contributed by atoms with E-state index >= 15 is 0 Å². The summed E-state index contributed by atoms with van der Waals surface area (Å²) in [6.07, 6.45) is 4.48. The summed E-state index contributed by atoms with van der Waals surface area (Å²) in [4.78, 5) is 29.4. The van der Waals surface area contributed by atoms with Crippen LogP contribution >= 0.6 is 0 Å². The number of para-hydroxylation sites is 1. The number of hydrogen-bond donors (Lipinski definition) is 0. The number of carbonyl (C=O) groups is 1. The Morgan fingerprint density at radius 3 is 2.57 bits per heavy atom. The first-order valence-corrected chi connectivity index (χ1v) is 9.61. The molecule has 0 N–H and O–H groups in total. The second-order valence-corrected chi connectivity index (χ2v) is 7.22. The average molecular weight is 375 g/mol. The first-order chi connectivity index (χ1) is 13.8. The standard InChI is InChI=1S/C21H21N5O2/c27-16-7-11-25(12-8-16)20-21(23-10-9-22-20)28-17-13-26(14-17)19-6-5-15-3-1-2-4-18(15)24-19/h1-6,9-10,17H,7-8,11-14H2. The van der Waals surface area contributed by atoms with Gasteiger partial charge >= 0.3 is 0 Å². The molecule has 2 aromatic heterocycles. The highest BCUT2D eigenvalue weighted by Gasteiger charge is 2.31. The van der Waals surface area contributed by atoms with Crippen LogP contribution in [0.4, 0.5) is 11.6 Å². The summed E-state index contributed by atoms with van der Waals surface area (Å²) in [7, 11) is 0. The molecule has 3 aromatic rings. The minimum atomic E-state index is 0.0511. The normalized spacial score (nSPS) is 17.6. The number of Topliss-reactive ketones (excluding diaryl/α,β-unsaturated/α-hetero) is 1. The van der Waals surface area contributed by atoms with E-state index in [0.717, 1.165) is 35.6 Å². The van der Waals surface area contributed by atoms with Crippen molar-refractivity contribution in [2.45, 2.75) is 18.9 Å². The fraction of sp³-hybridized carbons (Fsp3) is 0.333. The number of ether oxygens (including phenoxy) is 1. The summed E-state index contributed by atoms with van der Waals surface area (Å²) >= 11 is 0. The largest absolute Gasteiger partial charge is 0.468 e. The van der Waals surface area contributed by atoms with Crippen LogP contribution in [0.15, 0.2) is 48.8 Å². The number of pyridine rings is 1. The monoisotopic (exact) mass is 375 g/mol. The van der Waals surface area contributed by atoms with Crippen LogP contribution in [-0.4, -0.2) is 53.0 Å². The van der Waals surface area contributed by atoms with Crippen molar-refractivity contribution in [3.8, 4) is 5.88 Å². The molecule has 7 nitrogen and oxygen atoms in total. The van der Waals surface area contributed by atoms with Gasteiger partial charge in [0.05, 0.1) is 18.6 Å². The van der Waals surface area contributed by atoms with Gasteiger partial charge in [-0.15, -0.1) is 0 Å². The molecule has 142 valence electrons. The zero-order valence-electron chi connectivity index (χ0n) is 15.5. The molecule has 2 aliphatic rings. The Morgan fingerprint density at radius 2 is 1.71 bits per heavy atom. The van der Waals surface area contributed by atoms with Crippen LogP contribution in [0.1, 0.15) is 12.8 Å². The Morgan fingerprint density at radius 1 is 0.929 bits per heavy atom. The molecule has 2 aliphatic heterocycles. The average Bonchev–Trinajstić information content (AvgIpc) is 2.71. The third-order valence-electron chi connectivity index (χ3n) is 5.30. The van der Waals surface area contributed by atoms with E-state index in [4.69, 9.17) is 9.72 Å². The van der Waals surface area contributed by atoms with Crippen molar-refractivity contribution < 1.29 is 9.53 Å². The van der Waals surface area contributed by atoms with Gasteiger partial charge in [-0.2, -0.15) is 0 Å². The molecule has 0 amide bonds. The van der Waals surface area contributed by atoms with Crippen molar-refractivity contribution in [2.75, 3.05) is 36.0 Å². The lowest BCUT2D eigenvalue weighted by atomic mass is 10.1. The Kier molecular flexibility index (Phi) is 4.27. The van der Waals surface area contributed by atoms with Crippen LogP contribution in [0.5, 0.6) is 5.88 Å². The molecule has 0 unspecified atom stereocenters. The highest BCUT2D eigenvalue weighted by molar-refractivity contribution is 5.81. The minimum Gasteiger partial charge on any atom is -0.468 e. The fourth-order valence-corrected chi connectivity index (χ4v) is 3.67. The molecule has 5 rings (SSSR count). The summed E-state index contributed by atoms with van der Waals surface area (Å²) in [5, 5.41) is 1.14. The smallest absolute Gasteiger partial charge is 0.258 e. The van der Waals surface area contributed by atoms with Crippen LogP contribution in [0, 0.1) is 0 Å². The van der Waals surface area contributed by atoms with Crippen molar-refractivity contribution in [1.29, 1.82) is 0 Å². The van der Waals surface area contributed by atoms with Crippen molar-refractivity contribution >= 4 is 28.3 Å². The number of nitrogens with zero attached hydrogens (tertiary/aromatic N) is 5. The number of aromatic nitrogens is 3. The highest BCUT2D eigenvalue weighted by atomic mass is 16.5. The maximum Gasteiger partial charge on any atom is 0.258 e. The minimum absolute atomic E-state index is 0.0511. The highest BCUT2D eigenvalue weighted by Crippen LogP contribution is 2.29. The van der Waals surface area contributed by atoms with Crippen LogP contribution < -0.4 is 14.5 Å². The summed E-state index contributed by atoms with van der Waals surface area (Å²) in [5.41, 5.74) is 1.00.